The van der Waals surface area contributed by atoms with Crippen molar-refractivity contribution in [2.45, 2.75) is 20.4 Å². The van der Waals surface area contributed by atoms with Gasteiger partial charge in [0.2, 0.25) is 5.91 Å². The molecule has 1 rings (SSSR count). The normalized spacial score (nSPS) is 11.1. The van der Waals surface area contributed by atoms with E-state index in [-0.39, 0.29) is 5.91 Å². The summed E-state index contributed by atoms with van der Waals surface area (Å²) in [4.78, 5) is 11.3. The Bertz CT molecular complexity index is 388. The molecule has 0 aliphatic carbocycles. The van der Waals surface area contributed by atoms with Crippen LogP contribution in [0, 0.1) is 6.92 Å². The number of carbonyl (C=O) groups is 1. The number of hydrogen-bond acceptors (Lipinski definition) is 1. The van der Waals surface area contributed by atoms with Crippen LogP contribution in [0.4, 0.5) is 0 Å². The highest BCUT2D eigenvalue weighted by Gasteiger charge is 1.95. The van der Waals surface area contributed by atoms with Gasteiger partial charge in [0.05, 0.1) is 0 Å². The van der Waals surface area contributed by atoms with Crippen molar-refractivity contribution in [2.24, 2.45) is 0 Å². The molecule has 1 N–H and O–H groups in total. The van der Waals surface area contributed by atoms with Crippen LogP contribution in [0.15, 0.2) is 48.6 Å². The van der Waals surface area contributed by atoms with Gasteiger partial charge in [-0.25, -0.2) is 0 Å². The molecule has 0 aliphatic rings. The molecule has 0 saturated heterocycles. The number of allylic oxidation sites excluding steroid dienone is 3. The van der Waals surface area contributed by atoms with Gasteiger partial charge in [-0.05, 0) is 19.4 Å². The standard InChI is InChI=1S/C14H17NO/c1-3-4-5-6-14(16)15-11-13-9-7-12(2)8-10-13/h3-10H,11H2,1-2H3,(H,15,16)/b4-3+,6-5-. The second-order valence-corrected chi connectivity index (χ2v) is 3.59. The van der Waals surface area contributed by atoms with Gasteiger partial charge in [0, 0.05) is 12.6 Å². The van der Waals surface area contributed by atoms with E-state index in [0.717, 1.165) is 5.56 Å². The Morgan fingerprint density at radius 2 is 1.94 bits per heavy atom. The molecule has 0 saturated carbocycles. The minimum Gasteiger partial charge on any atom is -0.348 e. The lowest BCUT2D eigenvalue weighted by Crippen LogP contribution is -2.20. The summed E-state index contributed by atoms with van der Waals surface area (Å²) in [7, 11) is 0. The topological polar surface area (TPSA) is 29.1 Å². The van der Waals surface area contributed by atoms with Crippen LogP contribution in [0.5, 0.6) is 0 Å². The minimum absolute atomic E-state index is 0.0707. The van der Waals surface area contributed by atoms with Crippen LogP contribution in [0.2, 0.25) is 0 Å². The summed E-state index contributed by atoms with van der Waals surface area (Å²) in [6.07, 6.45) is 6.95. The van der Waals surface area contributed by atoms with Crippen LogP contribution in [-0.4, -0.2) is 5.91 Å². The lowest BCUT2D eigenvalue weighted by atomic mass is 10.1. The molecule has 1 aromatic rings. The fourth-order valence-electron chi connectivity index (χ4n) is 1.21. The summed E-state index contributed by atoms with van der Waals surface area (Å²) >= 11 is 0. The van der Waals surface area contributed by atoms with E-state index in [9.17, 15) is 4.79 Å². The van der Waals surface area contributed by atoms with Crippen LogP contribution in [0.1, 0.15) is 18.1 Å². The van der Waals surface area contributed by atoms with Gasteiger partial charge in [-0.3, -0.25) is 4.79 Å². The Morgan fingerprint density at radius 1 is 1.25 bits per heavy atom. The predicted octanol–water partition coefficient (Wildman–Crippen LogP) is 2.74. The minimum atomic E-state index is -0.0707. The second kappa shape index (κ2) is 6.62. The summed E-state index contributed by atoms with van der Waals surface area (Å²) < 4.78 is 0. The molecule has 2 nitrogen and oxygen atoms in total. The molecule has 16 heavy (non-hydrogen) atoms. The Morgan fingerprint density at radius 3 is 2.56 bits per heavy atom. The fourth-order valence-corrected chi connectivity index (χ4v) is 1.21. The largest absolute Gasteiger partial charge is 0.348 e. The van der Waals surface area contributed by atoms with E-state index in [1.165, 1.54) is 11.6 Å². The van der Waals surface area contributed by atoms with E-state index in [2.05, 4.69) is 5.32 Å². The molecule has 0 aromatic heterocycles. The van der Waals surface area contributed by atoms with Gasteiger partial charge in [-0.1, -0.05) is 48.1 Å². The maximum Gasteiger partial charge on any atom is 0.244 e. The van der Waals surface area contributed by atoms with Crippen LogP contribution >= 0.6 is 0 Å². The van der Waals surface area contributed by atoms with Crippen LogP contribution in [0.3, 0.4) is 0 Å². The van der Waals surface area contributed by atoms with Crippen molar-refractivity contribution < 1.29 is 4.79 Å². The quantitative estimate of drug-likeness (QED) is 0.607. The van der Waals surface area contributed by atoms with Gasteiger partial charge in [-0.2, -0.15) is 0 Å². The number of rotatable bonds is 4. The van der Waals surface area contributed by atoms with E-state index in [1.807, 2.05) is 50.3 Å². The molecule has 0 bridgehead atoms. The van der Waals surface area contributed by atoms with Crippen molar-refractivity contribution in [3.63, 3.8) is 0 Å². The van der Waals surface area contributed by atoms with Crippen LogP contribution in [-0.2, 0) is 11.3 Å². The number of amides is 1. The summed E-state index contributed by atoms with van der Waals surface area (Å²) in [6, 6.07) is 8.12. The molecule has 0 atom stereocenters. The average molecular weight is 215 g/mol. The predicted molar refractivity (Wildman–Crippen MR) is 67.0 cm³/mol. The fraction of sp³-hybridized carbons (Fsp3) is 0.214. The third-order valence-corrected chi connectivity index (χ3v) is 2.14. The summed E-state index contributed by atoms with van der Waals surface area (Å²) in [5.41, 5.74) is 2.33. The Balaban J connectivity index is 2.40. The third kappa shape index (κ3) is 4.60. The van der Waals surface area contributed by atoms with Gasteiger partial charge < -0.3 is 5.32 Å². The lowest BCUT2D eigenvalue weighted by molar-refractivity contribution is -0.116. The molecule has 0 spiro atoms. The first kappa shape index (κ1) is 12.2. The Kier molecular flexibility index (Phi) is 5.06. The molecule has 1 aromatic carbocycles. The monoisotopic (exact) mass is 215 g/mol. The van der Waals surface area contributed by atoms with Crippen molar-refractivity contribution in [3.8, 4) is 0 Å². The highest BCUT2D eigenvalue weighted by atomic mass is 16.1. The SMILES string of the molecule is C/C=C/C=C\C(=O)NCc1ccc(C)cc1. The Labute approximate surface area is 96.7 Å². The van der Waals surface area contributed by atoms with Crippen molar-refractivity contribution in [3.05, 3.63) is 59.7 Å². The van der Waals surface area contributed by atoms with Crippen molar-refractivity contribution >= 4 is 5.91 Å². The van der Waals surface area contributed by atoms with E-state index in [0.29, 0.717) is 6.54 Å². The molecule has 0 aliphatic heterocycles. The summed E-state index contributed by atoms with van der Waals surface area (Å²) in [6.45, 7) is 4.52. The molecular weight excluding hydrogens is 198 g/mol. The van der Waals surface area contributed by atoms with Crippen LogP contribution < -0.4 is 5.32 Å². The number of aryl methyl sites for hydroxylation is 1. The van der Waals surface area contributed by atoms with E-state index >= 15 is 0 Å². The molecule has 0 unspecified atom stereocenters. The van der Waals surface area contributed by atoms with Crippen LogP contribution in [0.25, 0.3) is 0 Å². The number of hydrogen-bond donors (Lipinski definition) is 1. The van der Waals surface area contributed by atoms with E-state index < -0.39 is 0 Å². The Hall–Kier alpha value is -1.83. The first-order valence-electron chi connectivity index (χ1n) is 5.35. The van der Waals surface area contributed by atoms with Crippen molar-refractivity contribution in [1.29, 1.82) is 0 Å². The smallest absolute Gasteiger partial charge is 0.244 e. The van der Waals surface area contributed by atoms with Gasteiger partial charge in [0.1, 0.15) is 0 Å². The molecule has 0 radical (unpaired) electrons. The first-order chi connectivity index (χ1) is 7.72. The van der Waals surface area contributed by atoms with E-state index in [4.69, 9.17) is 0 Å². The molecule has 84 valence electrons. The van der Waals surface area contributed by atoms with Gasteiger partial charge >= 0.3 is 0 Å². The zero-order chi connectivity index (χ0) is 11.8. The maximum absolute atomic E-state index is 11.3. The zero-order valence-corrected chi connectivity index (χ0v) is 9.73. The highest BCUT2D eigenvalue weighted by Crippen LogP contribution is 2.02. The zero-order valence-electron chi connectivity index (χ0n) is 9.73. The molecule has 2 heteroatoms. The number of benzene rings is 1. The first-order valence-corrected chi connectivity index (χ1v) is 5.35. The lowest BCUT2D eigenvalue weighted by Gasteiger charge is -2.02. The highest BCUT2D eigenvalue weighted by molar-refractivity contribution is 5.87. The second-order valence-electron chi connectivity index (χ2n) is 3.59. The third-order valence-electron chi connectivity index (χ3n) is 2.14. The molecular formula is C14H17NO. The molecule has 0 fully saturated rings. The van der Waals surface area contributed by atoms with Gasteiger partial charge in [-0.15, -0.1) is 0 Å². The van der Waals surface area contributed by atoms with Gasteiger partial charge in [0.25, 0.3) is 0 Å². The number of carbonyl (C=O) groups excluding carboxylic acids is 1. The van der Waals surface area contributed by atoms with E-state index in [1.54, 1.807) is 6.08 Å². The maximum atomic E-state index is 11.3. The summed E-state index contributed by atoms with van der Waals surface area (Å²) in [5, 5.41) is 2.82. The van der Waals surface area contributed by atoms with Crippen molar-refractivity contribution in [1.82, 2.24) is 5.32 Å². The number of nitrogens with one attached hydrogen (secondary N) is 1. The average Bonchev–Trinajstić information content (AvgIpc) is 2.29. The molecule has 0 heterocycles. The molecule has 1 amide bonds. The van der Waals surface area contributed by atoms with Gasteiger partial charge in [0.15, 0.2) is 0 Å². The summed E-state index contributed by atoms with van der Waals surface area (Å²) in [5.74, 6) is -0.0707. The van der Waals surface area contributed by atoms with Crippen molar-refractivity contribution in [2.75, 3.05) is 0 Å².